The van der Waals surface area contributed by atoms with Crippen LogP contribution < -0.4 is 0 Å². The molecule has 118 valence electrons. The number of halogens is 6. The Kier molecular flexibility index (Phi) is 4.19. The van der Waals surface area contributed by atoms with Crippen LogP contribution in [0.2, 0.25) is 0 Å². The van der Waals surface area contributed by atoms with E-state index in [0.29, 0.717) is 0 Å². The smallest absolute Gasteiger partial charge is 0.392 e. The Bertz CT molecular complexity index is 655. The molecule has 0 radical (unpaired) electrons. The molecule has 0 unspecified atom stereocenters. The Hall–Kier alpha value is -2.02. The molecule has 0 aromatic heterocycles. The molecule has 0 spiro atoms. The first-order valence-electron chi connectivity index (χ1n) is 6.11. The number of aliphatic hydroxyl groups excluding tert-OH is 1. The fourth-order valence-electron chi connectivity index (χ4n) is 2.01. The van der Waals surface area contributed by atoms with E-state index in [1.807, 2.05) is 0 Å². The van der Waals surface area contributed by atoms with E-state index in [4.69, 9.17) is 5.11 Å². The molecule has 0 fully saturated rings. The van der Waals surface area contributed by atoms with E-state index in [0.717, 1.165) is 36.4 Å². The van der Waals surface area contributed by atoms with Crippen molar-refractivity contribution < 1.29 is 31.4 Å². The second kappa shape index (κ2) is 5.64. The fourth-order valence-corrected chi connectivity index (χ4v) is 2.01. The zero-order valence-corrected chi connectivity index (χ0v) is 11.0. The first kappa shape index (κ1) is 16.4. The predicted molar refractivity (Wildman–Crippen MR) is 67.8 cm³/mol. The number of benzene rings is 2. The van der Waals surface area contributed by atoms with Crippen LogP contribution in [0.15, 0.2) is 42.5 Å². The van der Waals surface area contributed by atoms with Crippen LogP contribution in [-0.4, -0.2) is 5.11 Å². The van der Waals surface area contributed by atoms with Crippen LogP contribution in [0.1, 0.15) is 16.7 Å². The van der Waals surface area contributed by atoms with Crippen molar-refractivity contribution in [3.05, 3.63) is 59.2 Å². The van der Waals surface area contributed by atoms with Gasteiger partial charge >= 0.3 is 12.4 Å². The van der Waals surface area contributed by atoms with Gasteiger partial charge in [-0.05, 0) is 34.9 Å². The molecule has 0 atom stereocenters. The van der Waals surface area contributed by atoms with Gasteiger partial charge in [0, 0.05) is 0 Å². The van der Waals surface area contributed by atoms with Crippen LogP contribution in [0.5, 0.6) is 0 Å². The zero-order chi connectivity index (χ0) is 16.5. The van der Waals surface area contributed by atoms with Crippen molar-refractivity contribution in [3.63, 3.8) is 0 Å². The second-order valence-electron chi connectivity index (χ2n) is 4.61. The number of hydrogen-bond acceptors (Lipinski definition) is 1. The summed E-state index contributed by atoms with van der Waals surface area (Å²) in [6.45, 7) is -0.559. The third-order valence-electron chi connectivity index (χ3n) is 3.10. The Morgan fingerprint density at radius 2 is 1.36 bits per heavy atom. The summed E-state index contributed by atoms with van der Waals surface area (Å²) in [4.78, 5) is 0. The van der Waals surface area contributed by atoms with Gasteiger partial charge in [-0.25, -0.2) is 0 Å². The summed E-state index contributed by atoms with van der Waals surface area (Å²) >= 11 is 0. The van der Waals surface area contributed by atoms with E-state index < -0.39 is 30.1 Å². The van der Waals surface area contributed by atoms with E-state index in [1.54, 1.807) is 0 Å². The molecule has 1 N–H and O–H groups in total. The molecule has 0 aliphatic heterocycles. The minimum absolute atomic E-state index is 0.0183. The van der Waals surface area contributed by atoms with E-state index in [-0.39, 0.29) is 16.7 Å². The lowest BCUT2D eigenvalue weighted by molar-refractivity contribution is -0.138. The largest absolute Gasteiger partial charge is 0.417 e. The Morgan fingerprint density at radius 3 is 1.82 bits per heavy atom. The highest BCUT2D eigenvalue weighted by Gasteiger charge is 2.34. The Labute approximate surface area is 121 Å². The van der Waals surface area contributed by atoms with Crippen LogP contribution in [0.4, 0.5) is 26.3 Å². The molecule has 2 aromatic carbocycles. The minimum Gasteiger partial charge on any atom is -0.392 e. The third kappa shape index (κ3) is 3.41. The fraction of sp³-hybridized carbons (Fsp3) is 0.200. The molecule has 0 heterocycles. The van der Waals surface area contributed by atoms with Gasteiger partial charge < -0.3 is 5.11 Å². The van der Waals surface area contributed by atoms with Crippen LogP contribution in [0.25, 0.3) is 11.1 Å². The average molecular weight is 320 g/mol. The average Bonchev–Trinajstić information content (AvgIpc) is 2.45. The molecule has 1 nitrogen and oxygen atoms in total. The molecular weight excluding hydrogens is 310 g/mol. The highest BCUT2D eigenvalue weighted by atomic mass is 19.4. The van der Waals surface area contributed by atoms with Crippen LogP contribution >= 0.6 is 0 Å². The molecule has 0 aliphatic carbocycles. The van der Waals surface area contributed by atoms with E-state index in [1.165, 1.54) is 6.07 Å². The number of rotatable bonds is 2. The maximum Gasteiger partial charge on any atom is 0.417 e. The number of aliphatic hydroxyl groups is 1. The van der Waals surface area contributed by atoms with Gasteiger partial charge in [-0.15, -0.1) is 0 Å². The Morgan fingerprint density at radius 1 is 0.773 bits per heavy atom. The molecular formula is C15H10F6O. The number of hydrogen-bond donors (Lipinski definition) is 1. The first-order chi connectivity index (χ1) is 10.1. The number of alkyl halides is 6. The van der Waals surface area contributed by atoms with Crippen LogP contribution in [0.3, 0.4) is 0 Å². The molecule has 0 saturated heterocycles. The topological polar surface area (TPSA) is 20.2 Å². The molecule has 2 aromatic rings. The lowest BCUT2D eigenvalue weighted by atomic mass is 9.96. The van der Waals surface area contributed by atoms with Gasteiger partial charge in [0.2, 0.25) is 0 Å². The predicted octanol–water partition coefficient (Wildman–Crippen LogP) is 4.88. The summed E-state index contributed by atoms with van der Waals surface area (Å²) in [5, 5.41) is 8.92. The standard InChI is InChI=1S/C15H10F6O/c16-14(17,18)11-4-2-10(3-5-11)12-6-1-9(8-22)7-13(12)15(19,20)21/h1-7,22H,8H2. The molecule has 22 heavy (non-hydrogen) atoms. The molecule has 7 heteroatoms. The normalized spacial score (nSPS) is 12.5. The molecule has 0 bridgehead atoms. The van der Waals surface area contributed by atoms with E-state index in [9.17, 15) is 26.3 Å². The molecule has 0 saturated carbocycles. The summed E-state index contributed by atoms with van der Waals surface area (Å²) in [5.74, 6) is 0. The molecule has 0 amide bonds. The van der Waals surface area contributed by atoms with Gasteiger partial charge in [0.05, 0.1) is 17.7 Å². The van der Waals surface area contributed by atoms with Gasteiger partial charge in [-0.2, -0.15) is 26.3 Å². The Balaban J connectivity index is 2.53. The van der Waals surface area contributed by atoms with Crippen molar-refractivity contribution >= 4 is 0 Å². The SMILES string of the molecule is OCc1ccc(-c2ccc(C(F)(F)F)cc2)c(C(F)(F)F)c1. The van der Waals surface area contributed by atoms with Gasteiger partial charge in [0.25, 0.3) is 0 Å². The second-order valence-corrected chi connectivity index (χ2v) is 4.61. The van der Waals surface area contributed by atoms with Gasteiger partial charge in [-0.1, -0.05) is 24.3 Å². The van der Waals surface area contributed by atoms with Crippen molar-refractivity contribution in [2.24, 2.45) is 0 Å². The monoisotopic (exact) mass is 320 g/mol. The summed E-state index contributed by atoms with van der Waals surface area (Å²) in [6.07, 6.45) is -9.23. The van der Waals surface area contributed by atoms with Crippen LogP contribution in [-0.2, 0) is 19.0 Å². The van der Waals surface area contributed by atoms with E-state index in [2.05, 4.69) is 0 Å². The molecule has 2 rings (SSSR count). The zero-order valence-electron chi connectivity index (χ0n) is 11.0. The summed E-state index contributed by atoms with van der Waals surface area (Å²) in [6, 6.07) is 6.66. The minimum atomic E-state index is -4.68. The maximum atomic E-state index is 13.1. The van der Waals surface area contributed by atoms with Gasteiger partial charge in [0.1, 0.15) is 0 Å². The summed E-state index contributed by atoms with van der Waals surface area (Å²) < 4.78 is 76.6. The first-order valence-corrected chi connectivity index (χ1v) is 6.11. The van der Waals surface area contributed by atoms with Crippen molar-refractivity contribution in [2.75, 3.05) is 0 Å². The van der Waals surface area contributed by atoms with Crippen LogP contribution in [0, 0.1) is 0 Å². The van der Waals surface area contributed by atoms with E-state index >= 15 is 0 Å². The highest BCUT2D eigenvalue weighted by Crippen LogP contribution is 2.38. The highest BCUT2D eigenvalue weighted by molar-refractivity contribution is 5.69. The van der Waals surface area contributed by atoms with Crippen molar-refractivity contribution in [1.82, 2.24) is 0 Å². The maximum absolute atomic E-state index is 13.1. The lowest BCUT2D eigenvalue weighted by Crippen LogP contribution is -2.08. The third-order valence-corrected chi connectivity index (χ3v) is 3.10. The van der Waals surface area contributed by atoms with Crippen molar-refractivity contribution in [1.29, 1.82) is 0 Å². The lowest BCUT2D eigenvalue weighted by Gasteiger charge is -2.15. The quantitative estimate of drug-likeness (QED) is 0.782. The van der Waals surface area contributed by atoms with Gasteiger partial charge in [0.15, 0.2) is 0 Å². The van der Waals surface area contributed by atoms with Crippen molar-refractivity contribution in [2.45, 2.75) is 19.0 Å². The molecule has 0 aliphatic rings. The van der Waals surface area contributed by atoms with Crippen molar-refractivity contribution in [3.8, 4) is 11.1 Å². The van der Waals surface area contributed by atoms with Gasteiger partial charge in [-0.3, -0.25) is 0 Å². The summed E-state index contributed by atoms with van der Waals surface area (Å²) in [5.41, 5.74) is -2.08. The summed E-state index contributed by atoms with van der Waals surface area (Å²) in [7, 11) is 0.